The molecule has 1 aromatic carbocycles. The maximum absolute atomic E-state index is 10.6. The Morgan fingerprint density at radius 3 is 2.71 bits per heavy atom. The van der Waals surface area contributed by atoms with Crippen molar-refractivity contribution < 1.29 is 14.7 Å². The van der Waals surface area contributed by atoms with Crippen LogP contribution in [0.25, 0.3) is 0 Å². The highest BCUT2D eigenvalue weighted by molar-refractivity contribution is 6.35. The molecule has 0 saturated carbocycles. The molecule has 14 heavy (non-hydrogen) atoms. The largest absolute Gasteiger partial charge is 0.477 e. The second-order valence-corrected chi connectivity index (χ2v) is 3.05. The highest BCUT2D eigenvalue weighted by Gasteiger charge is 2.26. The summed E-state index contributed by atoms with van der Waals surface area (Å²) in [7, 11) is 0. The van der Waals surface area contributed by atoms with Gasteiger partial charge in [0, 0.05) is 6.42 Å². The number of carbonyl (C=O) groups is 1. The first-order chi connectivity index (χ1) is 6.77. The maximum atomic E-state index is 10.6. The molecule has 4 nitrogen and oxygen atoms in total. The Bertz CT molecular complexity index is 372. The topological polar surface area (TPSA) is 58.9 Å². The Morgan fingerprint density at radius 2 is 2.14 bits per heavy atom. The molecule has 0 radical (unpaired) electrons. The van der Waals surface area contributed by atoms with Crippen molar-refractivity contribution in [1.29, 1.82) is 0 Å². The second-order valence-electron chi connectivity index (χ2n) is 3.05. The van der Waals surface area contributed by atoms with Gasteiger partial charge in [0.15, 0.2) is 11.8 Å². The molecule has 1 aliphatic heterocycles. The summed E-state index contributed by atoms with van der Waals surface area (Å²) in [6, 6.07) is 9.46. The first-order valence-electron chi connectivity index (χ1n) is 4.28. The molecule has 0 amide bonds. The zero-order valence-corrected chi connectivity index (χ0v) is 7.38. The Hall–Kier alpha value is -1.84. The molecule has 0 aliphatic carbocycles. The zero-order valence-electron chi connectivity index (χ0n) is 7.38. The fraction of sp³-hybridized carbons (Fsp3) is 0.200. The molecular weight excluding hydrogens is 182 g/mol. The highest BCUT2D eigenvalue weighted by Crippen LogP contribution is 2.26. The average molecular weight is 191 g/mol. The van der Waals surface area contributed by atoms with Crippen LogP contribution < -0.4 is 0 Å². The molecule has 2 rings (SSSR count). The SMILES string of the molecule is O=C(O)C1=NO[C@H](c2ccccc2)C1. The van der Waals surface area contributed by atoms with Gasteiger partial charge < -0.3 is 9.94 Å². The number of hydrogen-bond acceptors (Lipinski definition) is 3. The van der Waals surface area contributed by atoms with E-state index < -0.39 is 5.97 Å². The molecule has 1 aliphatic rings. The van der Waals surface area contributed by atoms with Crippen LogP contribution in [0.4, 0.5) is 0 Å². The van der Waals surface area contributed by atoms with Gasteiger partial charge in [-0.1, -0.05) is 35.5 Å². The van der Waals surface area contributed by atoms with Crippen LogP contribution in [0.15, 0.2) is 35.5 Å². The average Bonchev–Trinajstić information content (AvgIpc) is 2.68. The van der Waals surface area contributed by atoms with Crippen LogP contribution in [0.5, 0.6) is 0 Å². The van der Waals surface area contributed by atoms with Gasteiger partial charge in [-0.15, -0.1) is 0 Å². The smallest absolute Gasteiger partial charge is 0.353 e. The zero-order chi connectivity index (χ0) is 9.97. The van der Waals surface area contributed by atoms with E-state index >= 15 is 0 Å². The van der Waals surface area contributed by atoms with Gasteiger partial charge in [0.05, 0.1) is 0 Å². The minimum absolute atomic E-state index is 0.0823. The van der Waals surface area contributed by atoms with E-state index in [2.05, 4.69) is 5.16 Å². The molecule has 1 N–H and O–H groups in total. The van der Waals surface area contributed by atoms with Crippen molar-refractivity contribution in [3.05, 3.63) is 35.9 Å². The van der Waals surface area contributed by atoms with Crippen LogP contribution in [-0.2, 0) is 9.63 Å². The van der Waals surface area contributed by atoms with Crippen molar-refractivity contribution in [2.24, 2.45) is 5.16 Å². The van der Waals surface area contributed by atoms with E-state index in [9.17, 15) is 4.79 Å². The van der Waals surface area contributed by atoms with E-state index in [0.717, 1.165) is 5.56 Å². The highest BCUT2D eigenvalue weighted by atomic mass is 16.6. The molecule has 0 spiro atoms. The van der Waals surface area contributed by atoms with E-state index in [-0.39, 0.29) is 11.8 Å². The molecule has 0 fully saturated rings. The van der Waals surface area contributed by atoms with Gasteiger partial charge in [-0.05, 0) is 5.56 Å². The molecular formula is C10H9NO3. The van der Waals surface area contributed by atoms with Crippen LogP contribution in [0.1, 0.15) is 18.1 Å². The van der Waals surface area contributed by atoms with E-state index in [1.54, 1.807) is 0 Å². The Balaban J connectivity index is 2.10. The number of rotatable bonds is 2. The van der Waals surface area contributed by atoms with Gasteiger partial charge >= 0.3 is 5.97 Å². The van der Waals surface area contributed by atoms with Gasteiger partial charge in [-0.2, -0.15) is 0 Å². The van der Waals surface area contributed by atoms with Crippen molar-refractivity contribution >= 4 is 11.7 Å². The fourth-order valence-electron chi connectivity index (χ4n) is 1.35. The van der Waals surface area contributed by atoms with E-state index in [1.807, 2.05) is 30.3 Å². The molecule has 4 heteroatoms. The third kappa shape index (κ3) is 1.59. The number of nitrogens with zero attached hydrogens (tertiary/aromatic N) is 1. The molecule has 0 bridgehead atoms. The van der Waals surface area contributed by atoms with Crippen molar-refractivity contribution in [3.63, 3.8) is 0 Å². The van der Waals surface area contributed by atoms with Crippen LogP contribution in [0.3, 0.4) is 0 Å². The summed E-state index contributed by atoms with van der Waals surface area (Å²) < 4.78 is 0. The third-order valence-corrected chi connectivity index (χ3v) is 2.09. The summed E-state index contributed by atoms with van der Waals surface area (Å²) >= 11 is 0. The maximum Gasteiger partial charge on any atom is 0.353 e. The predicted octanol–water partition coefficient (Wildman–Crippen LogP) is 1.59. The molecule has 72 valence electrons. The Morgan fingerprint density at radius 1 is 1.43 bits per heavy atom. The summed E-state index contributed by atoms with van der Waals surface area (Å²) in [4.78, 5) is 15.6. The lowest BCUT2D eigenvalue weighted by Gasteiger charge is -2.06. The summed E-state index contributed by atoms with van der Waals surface area (Å²) in [5.41, 5.74) is 1.03. The standard InChI is InChI=1S/C10H9NO3/c12-10(13)8-6-9(14-11-8)7-4-2-1-3-5-7/h1-5,9H,6H2,(H,12,13)/t9-/m0/s1. The van der Waals surface area contributed by atoms with Crippen LogP contribution in [-0.4, -0.2) is 16.8 Å². The van der Waals surface area contributed by atoms with E-state index in [4.69, 9.17) is 9.94 Å². The molecule has 1 heterocycles. The molecule has 1 aromatic rings. The molecule has 1 atom stereocenters. The lowest BCUT2D eigenvalue weighted by molar-refractivity contribution is -0.129. The molecule has 0 saturated heterocycles. The van der Waals surface area contributed by atoms with Gasteiger partial charge in [0.25, 0.3) is 0 Å². The summed E-state index contributed by atoms with van der Waals surface area (Å²) in [5.74, 6) is -1.01. The van der Waals surface area contributed by atoms with Gasteiger partial charge in [0.2, 0.25) is 0 Å². The lowest BCUT2D eigenvalue weighted by atomic mass is 10.1. The van der Waals surface area contributed by atoms with Gasteiger partial charge in [-0.3, -0.25) is 0 Å². The van der Waals surface area contributed by atoms with Gasteiger partial charge in [0.1, 0.15) is 0 Å². The van der Waals surface area contributed by atoms with Crippen LogP contribution >= 0.6 is 0 Å². The number of carboxylic acids is 1. The number of benzene rings is 1. The summed E-state index contributed by atoms with van der Waals surface area (Å²) in [5, 5.41) is 12.2. The first kappa shape index (κ1) is 8.74. The van der Waals surface area contributed by atoms with Crippen molar-refractivity contribution in [1.82, 2.24) is 0 Å². The minimum Gasteiger partial charge on any atom is -0.477 e. The Labute approximate surface area is 80.8 Å². The number of oxime groups is 1. The Kier molecular flexibility index (Phi) is 2.18. The predicted molar refractivity (Wildman–Crippen MR) is 50.0 cm³/mol. The molecule has 0 aromatic heterocycles. The van der Waals surface area contributed by atoms with Crippen molar-refractivity contribution in [2.45, 2.75) is 12.5 Å². The number of carboxylic acid groups (broad SMARTS) is 1. The normalized spacial score (nSPS) is 20.0. The van der Waals surface area contributed by atoms with Crippen LogP contribution in [0.2, 0.25) is 0 Å². The van der Waals surface area contributed by atoms with Crippen molar-refractivity contribution in [2.75, 3.05) is 0 Å². The minimum atomic E-state index is -1.01. The number of aliphatic carboxylic acids is 1. The third-order valence-electron chi connectivity index (χ3n) is 2.09. The second kappa shape index (κ2) is 3.49. The monoisotopic (exact) mass is 191 g/mol. The van der Waals surface area contributed by atoms with Gasteiger partial charge in [-0.25, -0.2) is 4.79 Å². The lowest BCUT2D eigenvalue weighted by Crippen LogP contribution is -2.10. The summed E-state index contributed by atoms with van der Waals surface area (Å²) in [6.07, 6.45) is 0.0848. The van der Waals surface area contributed by atoms with E-state index in [1.165, 1.54) is 0 Å². The van der Waals surface area contributed by atoms with Crippen LogP contribution in [0, 0.1) is 0 Å². The first-order valence-corrected chi connectivity index (χ1v) is 4.28. The molecule has 0 unspecified atom stereocenters. The quantitative estimate of drug-likeness (QED) is 0.772. The van der Waals surface area contributed by atoms with Crippen molar-refractivity contribution in [3.8, 4) is 0 Å². The fourth-order valence-corrected chi connectivity index (χ4v) is 1.35. The van der Waals surface area contributed by atoms with E-state index in [0.29, 0.717) is 6.42 Å². The summed E-state index contributed by atoms with van der Waals surface area (Å²) in [6.45, 7) is 0. The number of hydrogen-bond donors (Lipinski definition) is 1.